The van der Waals surface area contributed by atoms with Crippen molar-refractivity contribution in [1.29, 1.82) is 0 Å². The van der Waals surface area contributed by atoms with Gasteiger partial charge in [-0.3, -0.25) is 0 Å². The summed E-state index contributed by atoms with van der Waals surface area (Å²) in [5.41, 5.74) is 0.400. The first kappa shape index (κ1) is 10.3. The molecular weight excluding hydrogens is 158 g/mol. The first-order chi connectivity index (χ1) is 6.27. The van der Waals surface area contributed by atoms with E-state index in [1.54, 1.807) is 6.08 Å². The number of nitrogens with one attached hydrogen (secondary N) is 1. The van der Waals surface area contributed by atoms with Gasteiger partial charge in [-0.1, -0.05) is 43.9 Å². The summed E-state index contributed by atoms with van der Waals surface area (Å²) in [6, 6.07) is 0. The second kappa shape index (κ2) is 5.03. The Bertz CT molecular complexity index is 207. The standard InChI is InChI=1S/C12H19N/c1-3-4-5-6-7-12(2)8-10-13-11-9-12/h3-7,13H,1,8-11H2,2H3/b5-4-,7-6+. The van der Waals surface area contributed by atoms with E-state index in [4.69, 9.17) is 0 Å². The summed E-state index contributed by atoms with van der Waals surface area (Å²) in [5.74, 6) is 0. The summed E-state index contributed by atoms with van der Waals surface area (Å²) in [5, 5.41) is 3.37. The van der Waals surface area contributed by atoms with Crippen LogP contribution in [0.2, 0.25) is 0 Å². The Balaban J connectivity index is 2.44. The molecule has 1 aliphatic rings. The number of rotatable bonds is 3. The minimum atomic E-state index is 0.400. The van der Waals surface area contributed by atoms with E-state index in [0.29, 0.717) is 5.41 Å². The molecule has 0 aromatic rings. The Hall–Kier alpha value is -0.820. The second-order valence-corrected chi connectivity index (χ2v) is 3.88. The fourth-order valence-electron chi connectivity index (χ4n) is 1.60. The van der Waals surface area contributed by atoms with Gasteiger partial charge in [0.1, 0.15) is 0 Å². The van der Waals surface area contributed by atoms with Gasteiger partial charge in [0, 0.05) is 0 Å². The van der Waals surface area contributed by atoms with E-state index < -0.39 is 0 Å². The van der Waals surface area contributed by atoms with Crippen molar-refractivity contribution >= 4 is 0 Å². The van der Waals surface area contributed by atoms with Crippen LogP contribution in [0.3, 0.4) is 0 Å². The van der Waals surface area contributed by atoms with Crippen LogP contribution >= 0.6 is 0 Å². The second-order valence-electron chi connectivity index (χ2n) is 3.88. The maximum Gasteiger partial charge on any atom is -0.00407 e. The Morgan fingerprint density at radius 2 is 1.85 bits per heavy atom. The quantitative estimate of drug-likeness (QED) is 0.653. The molecular formula is C12H19N. The lowest BCUT2D eigenvalue weighted by Gasteiger charge is -2.30. The maximum atomic E-state index is 3.63. The predicted octanol–water partition coefficient (Wildman–Crippen LogP) is 2.67. The lowest BCUT2D eigenvalue weighted by atomic mass is 9.81. The zero-order valence-corrected chi connectivity index (χ0v) is 8.42. The summed E-state index contributed by atoms with van der Waals surface area (Å²) in [6.07, 6.45) is 12.7. The van der Waals surface area contributed by atoms with Crippen LogP contribution in [0.15, 0.2) is 37.0 Å². The van der Waals surface area contributed by atoms with Crippen LogP contribution in [0.1, 0.15) is 19.8 Å². The van der Waals surface area contributed by atoms with Gasteiger partial charge in [-0.25, -0.2) is 0 Å². The lowest BCUT2D eigenvalue weighted by Crippen LogP contribution is -2.33. The predicted molar refractivity (Wildman–Crippen MR) is 58.7 cm³/mol. The zero-order valence-electron chi connectivity index (χ0n) is 8.42. The van der Waals surface area contributed by atoms with Crippen LogP contribution in [0.5, 0.6) is 0 Å². The number of allylic oxidation sites excluding steroid dienone is 5. The van der Waals surface area contributed by atoms with E-state index in [2.05, 4.69) is 31.0 Å². The van der Waals surface area contributed by atoms with Gasteiger partial charge in [0.25, 0.3) is 0 Å². The number of hydrogen-bond donors (Lipinski definition) is 1. The van der Waals surface area contributed by atoms with Crippen LogP contribution < -0.4 is 5.32 Å². The Morgan fingerprint density at radius 1 is 1.15 bits per heavy atom. The average Bonchev–Trinajstić information content (AvgIpc) is 2.14. The smallest absolute Gasteiger partial charge is 0.00407 e. The molecule has 0 bridgehead atoms. The monoisotopic (exact) mass is 177 g/mol. The van der Waals surface area contributed by atoms with Gasteiger partial charge >= 0.3 is 0 Å². The van der Waals surface area contributed by atoms with Crippen molar-refractivity contribution in [2.24, 2.45) is 5.41 Å². The van der Waals surface area contributed by atoms with E-state index in [9.17, 15) is 0 Å². The van der Waals surface area contributed by atoms with Crippen LogP contribution in [0, 0.1) is 5.41 Å². The van der Waals surface area contributed by atoms with Crippen molar-refractivity contribution in [2.75, 3.05) is 13.1 Å². The fourth-order valence-corrected chi connectivity index (χ4v) is 1.60. The van der Waals surface area contributed by atoms with Crippen molar-refractivity contribution in [3.63, 3.8) is 0 Å². The fraction of sp³-hybridized carbons (Fsp3) is 0.500. The highest BCUT2D eigenvalue weighted by atomic mass is 14.9. The summed E-state index contributed by atoms with van der Waals surface area (Å²) in [6.45, 7) is 8.25. The molecule has 0 saturated carbocycles. The van der Waals surface area contributed by atoms with Gasteiger partial charge in [0.05, 0.1) is 0 Å². The molecule has 1 heterocycles. The Labute approximate surface area is 81.2 Å². The molecule has 0 aliphatic carbocycles. The van der Waals surface area contributed by atoms with Gasteiger partial charge in [0.2, 0.25) is 0 Å². The molecule has 0 atom stereocenters. The average molecular weight is 177 g/mol. The van der Waals surface area contributed by atoms with Gasteiger partial charge in [0.15, 0.2) is 0 Å². The van der Waals surface area contributed by atoms with Gasteiger partial charge in [-0.05, 0) is 31.3 Å². The maximum absolute atomic E-state index is 3.63. The number of piperidine rings is 1. The molecule has 1 aliphatic heterocycles. The molecule has 0 amide bonds. The minimum Gasteiger partial charge on any atom is -0.317 e. The molecule has 1 N–H and O–H groups in total. The van der Waals surface area contributed by atoms with Gasteiger partial charge < -0.3 is 5.32 Å². The molecule has 0 aromatic heterocycles. The Kier molecular flexibility index (Phi) is 3.97. The Morgan fingerprint density at radius 3 is 2.46 bits per heavy atom. The van der Waals surface area contributed by atoms with Crippen molar-refractivity contribution in [2.45, 2.75) is 19.8 Å². The molecule has 0 radical (unpaired) electrons. The van der Waals surface area contributed by atoms with E-state index in [-0.39, 0.29) is 0 Å². The number of hydrogen-bond acceptors (Lipinski definition) is 1. The molecule has 72 valence electrons. The van der Waals surface area contributed by atoms with E-state index in [0.717, 1.165) is 13.1 Å². The van der Waals surface area contributed by atoms with E-state index >= 15 is 0 Å². The van der Waals surface area contributed by atoms with Crippen LogP contribution in [-0.2, 0) is 0 Å². The van der Waals surface area contributed by atoms with Gasteiger partial charge in [-0.15, -0.1) is 0 Å². The third kappa shape index (κ3) is 3.60. The van der Waals surface area contributed by atoms with Crippen molar-refractivity contribution in [3.8, 4) is 0 Å². The molecule has 0 unspecified atom stereocenters. The molecule has 0 spiro atoms. The topological polar surface area (TPSA) is 12.0 Å². The summed E-state index contributed by atoms with van der Waals surface area (Å²) in [7, 11) is 0. The van der Waals surface area contributed by atoms with Crippen molar-refractivity contribution in [1.82, 2.24) is 5.32 Å². The molecule has 1 nitrogen and oxygen atoms in total. The molecule has 1 saturated heterocycles. The SMILES string of the molecule is C=C/C=C\C=C\C1(C)CCNCC1. The highest BCUT2D eigenvalue weighted by molar-refractivity contribution is 5.12. The normalized spacial score (nSPS) is 22.5. The highest BCUT2D eigenvalue weighted by Crippen LogP contribution is 2.29. The third-order valence-electron chi connectivity index (χ3n) is 2.60. The zero-order chi connectivity index (χ0) is 9.57. The largest absolute Gasteiger partial charge is 0.317 e. The van der Waals surface area contributed by atoms with Crippen LogP contribution in [-0.4, -0.2) is 13.1 Å². The van der Waals surface area contributed by atoms with Gasteiger partial charge in [-0.2, -0.15) is 0 Å². The molecule has 1 heteroatoms. The van der Waals surface area contributed by atoms with E-state index in [1.807, 2.05) is 12.2 Å². The first-order valence-electron chi connectivity index (χ1n) is 4.94. The van der Waals surface area contributed by atoms with Crippen LogP contribution in [0.25, 0.3) is 0 Å². The first-order valence-corrected chi connectivity index (χ1v) is 4.94. The summed E-state index contributed by atoms with van der Waals surface area (Å²) in [4.78, 5) is 0. The summed E-state index contributed by atoms with van der Waals surface area (Å²) >= 11 is 0. The minimum absolute atomic E-state index is 0.400. The third-order valence-corrected chi connectivity index (χ3v) is 2.60. The molecule has 1 rings (SSSR count). The highest BCUT2D eigenvalue weighted by Gasteiger charge is 2.22. The lowest BCUT2D eigenvalue weighted by molar-refractivity contribution is 0.301. The summed E-state index contributed by atoms with van der Waals surface area (Å²) < 4.78 is 0. The molecule has 13 heavy (non-hydrogen) atoms. The van der Waals surface area contributed by atoms with E-state index in [1.165, 1.54) is 12.8 Å². The van der Waals surface area contributed by atoms with Crippen molar-refractivity contribution in [3.05, 3.63) is 37.0 Å². The van der Waals surface area contributed by atoms with Crippen LogP contribution in [0.4, 0.5) is 0 Å². The molecule has 1 fully saturated rings. The molecule has 0 aromatic carbocycles. The van der Waals surface area contributed by atoms with Crippen molar-refractivity contribution < 1.29 is 0 Å².